The van der Waals surface area contributed by atoms with Crippen molar-refractivity contribution >= 4 is 87.6 Å². The van der Waals surface area contributed by atoms with Gasteiger partial charge >= 0.3 is 17.9 Å². The Balaban J connectivity index is 0.000000203. The Morgan fingerprint density at radius 3 is 1.06 bits per heavy atom. The number of hydrogen-bond acceptors (Lipinski definition) is 27. The van der Waals surface area contributed by atoms with Gasteiger partial charge in [0.15, 0.2) is 0 Å². The molecule has 0 N–H and O–H groups in total. The van der Waals surface area contributed by atoms with Crippen molar-refractivity contribution in [2.45, 2.75) is 271 Å². The van der Waals surface area contributed by atoms with E-state index < -0.39 is 93.8 Å². The minimum atomic E-state index is -0.900. The fourth-order valence-electron chi connectivity index (χ4n) is 19.9. The maximum absolute atomic E-state index is 14.2. The molecule has 3 amide bonds. The van der Waals surface area contributed by atoms with Crippen LogP contribution in [0.25, 0.3) is 33.1 Å². The van der Waals surface area contributed by atoms with Crippen LogP contribution in [0.1, 0.15) is 215 Å². The van der Waals surface area contributed by atoms with Crippen LogP contribution in [0.2, 0.25) is 0 Å². The summed E-state index contributed by atoms with van der Waals surface area (Å²) in [6, 6.07) is 14.0. The number of hydrogen-bond donors (Lipinski definition) is 0. The molecule has 6 bridgehead atoms. The van der Waals surface area contributed by atoms with E-state index in [0.29, 0.717) is 88.5 Å². The third-order valence-electron chi connectivity index (χ3n) is 27.9. The van der Waals surface area contributed by atoms with Gasteiger partial charge in [-0.05, 0) is 161 Å². The quantitative estimate of drug-likeness (QED) is 0.0624. The normalized spacial score (nSPS) is 28.7. The molecule has 6 aromatic rings. The zero-order chi connectivity index (χ0) is 92.4. The van der Waals surface area contributed by atoms with Gasteiger partial charge in [-0.1, -0.05) is 119 Å². The molecule has 3 aromatic carbocycles. The molecule has 3 saturated heterocycles. The number of aryl methyl sites for hydroxylation is 3. The van der Waals surface area contributed by atoms with E-state index in [2.05, 4.69) is 18.9 Å². The van der Waals surface area contributed by atoms with Crippen LogP contribution in [0.15, 0.2) is 54.6 Å². The molecule has 3 aliphatic carbocycles. The largest absolute Gasteiger partial charge is 0.540 e. The van der Waals surface area contributed by atoms with Gasteiger partial charge in [-0.3, -0.25) is 28.8 Å². The summed E-state index contributed by atoms with van der Waals surface area (Å²) in [4.78, 5) is 153. The number of fused-ring (bicyclic) bond motifs is 15. The van der Waals surface area contributed by atoms with Crippen LogP contribution in [0.4, 0.5) is 0 Å². The number of methoxy groups -OCH3 is 6. The molecule has 0 spiro atoms. The molecule has 9 heterocycles. The summed E-state index contributed by atoms with van der Waals surface area (Å²) in [6.45, 7) is 20.3. The molecule has 33 heteroatoms. The van der Waals surface area contributed by atoms with Gasteiger partial charge in [-0.2, -0.15) is 0 Å². The Bertz CT molecular complexity index is 4990. The smallest absolute Gasteiger partial charge is 0.307 e. The molecular formula is C99H132N9O21V3-3. The molecule has 6 fully saturated rings. The summed E-state index contributed by atoms with van der Waals surface area (Å²) < 4.78 is 70.2. The minimum absolute atomic E-state index is 0. The monoisotopic (exact) mass is 1940 g/mol. The minimum Gasteiger partial charge on any atom is -0.540 e. The molecule has 3 radical (unpaired) electrons. The number of amides is 3. The second-order valence-corrected chi connectivity index (χ2v) is 40.1. The van der Waals surface area contributed by atoms with Crippen LogP contribution < -0.4 is 28.4 Å². The molecule has 18 atom stereocenters. The zero-order valence-corrected chi connectivity index (χ0v) is 83.6. The Hall–Kier alpha value is -8.06. The van der Waals surface area contributed by atoms with Crippen molar-refractivity contribution in [3.63, 3.8) is 0 Å². The average Bonchev–Trinajstić information content (AvgIpc) is 1.61. The summed E-state index contributed by atoms with van der Waals surface area (Å²) in [5.74, 6) is -1.29. The number of ether oxygens (including phenoxy) is 12. The molecule has 717 valence electrons. The van der Waals surface area contributed by atoms with Crippen LogP contribution in [0.5, 0.6) is 34.9 Å². The van der Waals surface area contributed by atoms with E-state index in [4.69, 9.17) is 86.7 Å². The molecule has 132 heavy (non-hydrogen) atoms. The second-order valence-electron chi connectivity index (χ2n) is 40.1. The van der Waals surface area contributed by atoms with E-state index in [1.807, 2.05) is 124 Å². The third-order valence-corrected chi connectivity index (χ3v) is 27.9. The van der Waals surface area contributed by atoms with Crippen molar-refractivity contribution in [1.29, 1.82) is 0 Å². The van der Waals surface area contributed by atoms with Crippen molar-refractivity contribution < 1.29 is 156 Å². The van der Waals surface area contributed by atoms with Crippen molar-refractivity contribution in [3.05, 3.63) is 71.7 Å². The topological polar surface area (TPSA) is 351 Å². The van der Waals surface area contributed by atoms with Gasteiger partial charge in [-0.25, -0.2) is 48.8 Å². The Morgan fingerprint density at radius 1 is 0.386 bits per heavy atom. The van der Waals surface area contributed by atoms with Gasteiger partial charge in [-0.15, -0.1) is 0 Å². The van der Waals surface area contributed by atoms with Crippen LogP contribution in [0.3, 0.4) is 0 Å². The number of rotatable bonds is 12. The van der Waals surface area contributed by atoms with Crippen LogP contribution in [-0.2, 0) is 147 Å². The number of esters is 3. The maximum atomic E-state index is 14.2. The number of carbonyl (C=O) groups is 6. The number of aromatic nitrogens is 6. The summed E-state index contributed by atoms with van der Waals surface area (Å²) >= 11 is 0. The molecule has 15 rings (SSSR count). The predicted molar refractivity (Wildman–Crippen MR) is 478 cm³/mol. The van der Waals surface area contributed by atoms with E-state index >= 15 is 0 Å². The fourth-order valence-corrected chi connectivity index (χ4v) is 19.9. The van der Waals surface area contributed by atoms with Gasteiger partial charge in [0.05, 0.1) is 131 Å². The van der Waals surface area contributed by atoms with E-state index in [0.717, 1.165) is 143 Å². The van der Waals surface area contributed by atoms with Gasteiger partial charge in [0, 0.05) is 119 Å². The summed E-state index contributed by atoms with van der Waals surface area (Å²) in [5.41, 5.74) is 4.22. The van der Waals surface area contributed by atoms with Crippen LogP contribution in [-0.4, -0.2) is 235 Å². The van der Waals surface area contributed by atoms with E-state index in [-0.39, 0.29) is 162 Å². The summed E-state index contributed by atoms with van der Waals surface area (Å²) in [7, 11) is 9.47. The van der Waals surface area contributed by atoms with Crippen molar-refractivity contribution in [3.8, 4) is 34.9 Å². The van der Waals surface area contributed by atoms with Gasteiger partial charge < -0.3 is 85.9 Å². The van der Waals surface area contributed by atoms with E-state index in [1.165, 1.54) is 14.7 Å². The molecule has 3 saturated carbocycles. The SMILES string of the molecule is COC[C@@H]1[C@@H]2CN(C(=O)[C@H](C(C)(C)C)CC(=O)O[C@@H]3CCC[C@H]3CCCCCc3nc4ccc(OC)cc4nc3O2)[C@@H]1[C-]=O.COC[C@@H]1[C@@H]2CN(C(=O)[C@H](C(C)(C)C)CC(=O)O[C@@H]3C[C@H]3CCCCCc3nc4ccc(OC)cc4nc3O2)[C@@H]1[C-]=O.COC[C@@H]1[C@@H]2CN(C(=O)[C@H](C(C)(C)C)CC(=O)O[C@]3(C)C[C@H]3CCCCCc3nc4ccc(OC)cc4nc3O2)[C@@H]1[C-]=O.[V].[V].[V]. The molecule has 3 aromatic heterocycles. The van der Waals surface area contributed by atoms with Gasteiger partial charge in [0.1, 0.15) is 70.5 Å². The van der Waals surface area contributed by atoms with Crippen LogP contribution >= 0.6 is 0 Å². The summed E-state index contributed by atoms with van der Waals surface area (Å²) in [6.07, 6.45) is 22.6. The van der Waals surface area contributed by atoms with Crippen LogP contribution in [0, 0.1) is 69.5 Å². The Labute approximate surface area is 811 Å². The second kappa shape index (κ2) is 46.7. The van der Waals surface area contributed by atoms with Crippen molar-refractivity contribution in [2.24, 2.45) is 69.5 Å². The molecular weight excluding hydrogens is 1800 g/mol. The maximum Gasteiger partial charge on any atom is 0.307 e. The number of benzene rings is 3. The van der Waals surface area contributed by atoms with E-state index in [9.17, 15) is 43.2 Å². The summed E-state index contributed by atoms with van der Waals surface area (Å²) in [5, 5.41) is 0. The third kappa shape index (κ3) is 25.6. The molecule has 0 unspecified atom stereocenters. The first-order valence-corrected chi connectivity index (χ1v) is 46.4. The standard InChI is InChI=1S/C34H46N3O7.C33H44N3O7.C32H42N3O7.3V/c1-34(2,3)24-17-31(39)43-29-13-9-11-21(29)10-7-6-8-12-26-32(36-27-16-22(42-5)14-15-25(27)35-26)44-30-18-37(33(24)40)28(19-38)23(30)20-41-4;1-32(2,3)23-15-29(38)43-33(4)16-20(33)10-8-7-9-11-25-30(35-26-14-21(41-6)12-13-24(26)34-25)42-28-17-36(31(23)39)27(18-37)22(28)19-40-5;1-32(2,3)22-15-29(37)41-27-13-19(27)9-7-6-8-10-24-30(34-25-14-20(40-5)11-12-23(25)33-24)42-28-16-35(31(22)38)26(17-36)21(28)18-39-4;;;/h14-16,21,23-24,28-30H,6-13,17-18,20H2,1-5H3;12-14,20,22-23,27-28H,7-11,15-17,19H2,1-6H3;11-12,14,19,21-22,26-28H,6-10,13,15-16,18H2,1-5H3;;;/q3*-1;;;/t21-,23+,24-,28-,29-,30+;20-,22+,23-,27-,28+,33-;19-,21+,22-,26-,27-,28+;;;/m111.../s1. The number of carbonyl (C=O) groups excluding carboxylic acids is 9. The fraction of sp³-hybridized carbons (Fsp3) is 0.667. The predicted octanol–water partition coefficient (Wildman–Crippen LogP) is 13.4. The first-order chi connectivity index (χ1) is 61.7. The Kier molecular flexibility index (Phi) is 37.5. The average molecular weight is 1940 g/mol. The first-order valence-electron chi connectivity index (χ1n) is 46.4. The molecule has 9 aliphatic rings. The molecule has 6 aliphatic heterocycles. The van der Waals surface area contributed by atoms with Crippen molar-refractivity contribution in [1.82, 2.24) is 44.6 Å². The Morgan fingerprint density at radius 2 is 0.720 bits per heavy atom. The van der Waals surface area contributed by atoms with Crippen molar-refractivity contribution in [2.75, 3.05) is 82.1 Å². The molecule has 30 nitrogen and oxygen atoms in total. The first kappa shape index (κ1) is 106. The van der Waals surface area contributed by atoms with Gasteiger partial charge in [0.25, 0.3) is 0 Å². The van der Waals surface area contributed by atoms with Gasteiger partial charge in [0.2, 0.25) is 35.4 Å². The van der Waals surface area contributed by atoms with E-state index in [1.54, 1.807) is 42.7 Å². The number of nitrogens with zero attached hydrogens (tertiary/aromatic N) is 9. The zero-order valence-electron chi connectivity index (χ0n) is 79.5.